The summed E-state index contributed by atoms with van der Waals surface area (Å²) in [5.74, 6) is 0.634. The molecule has 1 N–H and O–H groups in total. The van der Waals surface area contributed by atoms with Gasteiger partial charge in [-0.3, -0.25) is 14.6 Å². The largest absolute Gasteiger partial charge is 0.353 e. The first-order valence-electron chi connectivity index (χ1n) is 9.47. The Kier molecular flexibility index (Phi) is 5.47. The first-order valence-corrected chi connectivity index (χ1v) is 9.47. The van der Waals surface area contributed by atoms with Crippen LogP contribution >= 0.6 is 0 Å². The predicted molar refractivity (Wildman–Crippen MR) is 111 cm³/mol. The van der Waals surface area contributed by atoms with Gasteiger partial charge in [-0.25, -0.2) is 4.98 Å². The zero-order valence-corrected chi connectivity index (χ0v) is 15.9. The number of rotatable bonds is 4. The highest BCUT2D eigenvalue weighted by Crippen LogP contribution is 2.17. The van der Waals surface area contributed by atoms with Crippen LogP contribution in [0.25, 0.3) is 0 Å². The number of piperazine rings is 1. The number of nitrogens with one attached hydrogen (secondary N) is 1. The lowest BCUT2D eigenvalue weighted by Gasteiger charge is -2.35. The first-order chi connectivity index (χ1) is 14.2. The Morgan fingerprint density at radius 3 is 2.41 bits per heavy atom. The number of carbonyl (C=O) groups is 2. The molecule has 3 aromatic rings. The molecule has 0 bridgehead atoms. The summed E-state index contributed by atoms with van der Waals surface area (Å²) in [6.45, 7) is 2.73. The molecule has 146 valence electrons. The van der Waals surface area contributed by atoms with E-state index in [1.165, 1.54) is 6.20 Å². The SMILES string of the molecule is O=C(Nc1cccc(C(=O)N2CCN(c3ccccn3)CC2)c1)c1cccnc1. The van der Waals surface area contributed by atoms with Gasteiger partial charge >= 0.3 is 0 Å². The van der Waals surface area contributed by atoms with E-state index in [0.29, 0.717) is 29.9 Å². The second-order valence-corrected chi connectivity index (χ2v) is 6.74. The highest BCUT2D eigenvalue weighted by atomic mass is 16.2. The lowest BCUT2D eigenvalue weighted by Crippen LogP contribution is -2.49. The zero-order chi connectivity index (χ0) is 20.1. The number of benzene rings is 1. The van der Waals surface area contributed by atoms with Crippen LogP contribution in [-0.4, -0.2) is 52.9 Å². The number of nitrogens with zero attached hydrogens (tertiary/aromatic N) is 4. The molecule has 29 heavy (non-hydrogen) atoms. The summed E-state index contributed by atoms with van der Waals surface area (Å²) in [6.07, 6.45) is 4.90. The number of anilines is 2. The van der Waals surface area contributed by atoms with Crippen LogP contribution in [0.15, 0.2) is 73.2 Å². The van der Waals surface area contributed by atoms with Gasteiger partial charge in [0.25, 0.3) is 11.8 Å². The molecule has 1 aromatic carbocycles. The molecule has 2 amide bonds. The van der Waals surface area contributed by atoms with Crippen molar-refractivity contribution in [2.24, 2.45) is 0 Å². The van der Waals surface area contributed by atoms with E-state index in [-0.39, 0.29) is 11.8 Å². The average molecular weight is 387 g/mol. The van der Waals surface area contributed by atoms with Crippen LogP contribution in [0.3, 0.4) is 0 Å². The maximum absolute atomic E-state index is 12.9. The molecule has 4 rings (SSSR count). The number of hydrogen-bond acceptors (Lipinski definition) is 5. The van der Waals surface area contributed by atoms with Crippen molar-refractivity contribution in [1.82, 2.24) is 14.9 Å². The minimum Gasteiger partial charge on any atom is -0.353 e. The van der Waals surface area contributed by atoms with Gasteiger partial charge in [0.15, 0.2) is 0 Å². The van der Waals surface area contributed by atoms with E-state index in [2.05, 4.69) is 20.2 Å². The molecule has 0 radical (unpaired) electrons. The van der Waals surface area contributed by atoms with Gasteiger partial charge in [-0.1, -0.05) is 12.1 Å². The van der Waals surface area contributed by atoms with E-state index in [0.717, 1.165) is 18.9 Å². The highest BCUT2D eigenvalue weighted by molar-refractivity contribution is 6.05. The third-order valence-electron chi connectivity index (χ3n) is 4.83. The van der Waals surface area contributed by atoms with Crippen molar-refractivity contribution in [2.45, 2.75) is 0 Å². The molecule has 3 heterocycles. The van der Waals surface area contributed by atoms with Crippen molar-refractivity contribution in [3.63, 3.8) is 0 Å². The summed E-state index contributed by atoms with van der Waals surface area (Å²) >= 11 is 0. The zero-order valence-electron chi connectivity index (χ0n) is 15.9. The predicted octanol–water partition coefficient (Wildman–Crippen LogP) is 2.69. The monoisotopic (exact) mass is 387 g/mol. The second kappa shape index (κ2) is 8.52. The topological polar surface area (TPSA) is 78.4 Å². The summed E-state index contributed by atoms with van der Waals surface area (Å²) in [7, 11) is 0. The third-order valence-corrected chi connectivity index (χ3v) is 4.83. The smallest absolute Gasteiger partial charge is 0.257 e. The summed E-state index contributed by atoms with van der Waals surface area (Å²) in [5, 5.41) is 2.82. The van der Waals surface area contributed by atoms with Crippen LogP contribution < -0.4 is 10.2 Å². The lowest BCUT2D eigenvalue weighted by atomic mass is 10.1. The number of amides is 2. The summed E-state index contributed by atoms with van der Waals surface area (Å²) in [4.78, 5) is 37.6. The molecule has 7 heteroatoms. The summed E-state index contributed by atoms with van der Waals surface area (Å²) in [6, 6.07) is 16.3. The molecule has 0 saturated carbocycles. The minimum atomic E-state index is -0.258. The van der Waals surface area contributed by atoms with E-state index in [4.69, 9.17) is 0 Å². The Morgan fingerprint density at radius 1 is 0.862 bits per heavy atom. The van der Waals surface area contributed by atoms with Crippen molar-refractivity contribution < 1.29 is 9.59 Å². The fourth-order valence-corrected chi connectivity index (χ4v) is 3.29. The molecular weight excluding hydrogens is 366 g/mol. The molecule has 1 aliphatic rings. The normalized spacial score (nSPS) is 13.8. The Morgan fingerprint density at radius 2 is 1.69 bits per heavy atom. The van der Waals surface area contributed by atoms with Gasteiger partial charge in [-0.05, 0) is 42.5 Å². The van der Waals surface area contributed by atoms with Crippen LogP contribution in [-0.2, 0) is 0 Å². The standard InChI is InChI=1S/C22H21N5O2/c28-21(18-6-4-9-23-16-18)25-19-7-3-5-17(15-19)22(29)27-13-11-26(12-14-27)20-8-1-2-10-24-20/h1-10,15-16H,11-14H2,(H,25,28). The van der Waals surface area contributed by atoms with Gasteiger partial charge in [-0.15, -0.1) is 0 Å². The van der Waals surface area contributed by atoms with Crippen LogP contribution in [0.5, 0.6) is 0 Å². The van der Waals surface area contributed by atoms with E-state index in [9.17, 15) is 9.59 Å². The Balaban J connectivity index is 1.39. The third kappa shape index (κ3) is 4.40. The van der Waals surface area contributed by atoms with Gasteiger partial charge < -0.3 is 15.1 Å². The fourth-order valence-electron chi connectivity index (χ4n) is 3.29. The van der Waals surface area contributed by atoms with Gasteiger partial charge in [0.2, 0.25) is 0 Å². The van der Waals surface area contributed by atoms with Crippen molar-refractivity contribution in [1.29, 1.82) is 0 Å². The summed E-state index contributed by atoms with van der Waals surface area (Å²) < 4.78 is 0. The Hall–Kier alpha value is -3.74. The molecule has 1 fully saturated rings. The lowest BCUT2D eigenvalue weighted by molar-refractivity contribution is 0.0746. The van der Waals surface area contributed by atoms with Gasteiger partial charge in [0.1, 0.15) is 5.82 Å². The molecule has 0 unspecified atom stereocenters. The number of carbonyl (C=O) groups excluding carboxylic acids is 2. The average Bonchev–Trinajstić information content (AvgIpc) is 2.80. The maximum atomic E-state index is 12.9. The van der Waals surface area contributed by atoms with Crippen LogP contribution in [0.2, 0.25) is 0 Å². The van der Waals surface area contributed by atoms with Crippen molar-refractivity contribution in [3.05, 3.63) is 84.3 Å². The number of pyridine rings is 2. The number of hydrogen-bond donors (Lipinski definition) is 1. The summed E-state index contributed by atoms with van der Waals surface area (Å²) in [5.41, 5.74) is 1.60. The Bertz CT molecular complexity index is 986. The van der Waals surface area contributed by atoms with Crippen LogP contribution in [0.4, 0.5) is 11.5 Å². The van der Waals surface area contributed by atoms with Gasteiger partial charge in [0.05, 0.1) is 5.56 Å². The number of aromatic nitrogens is 2. The molecule has 0 atom stereocenters. The minimum absolute atomic E-state index is 0.0388. The molecule has 1 aliphatic heterocycles. The molecule has 2 aromatic heterocycles. The van der Waals surface area contributed by atoms with Crippen molar-refractivity contribution in [2.75, 3.05) is 36.4 Å². The van der Waals surface area contributed by atoms with Crippen molar-refractivity contribution in [3.8, 4) is 0 Å². The molecule has 1 saturated heterocycles. The van der Waals surface area contributed by atoms with E-state index in [1.807, 2.05) is 23.1 Å². The van der Waals surface area contributed by atoms with Gasteiger partial charge in [-0.2, -0.15) is 0 Å². The van der Waals surface area contributed by atoms with Crippen molar-refractivity contribution >= 4 is 23.3 Å². The van der Waals surface area contributed by atoms with E-state index >= 15 is 0 Å². The Labute approximate surface area is 169 Å². The maximum Gasteiger partial charge on any atom is 0.257 e. The van der Waals surface area contributed by atoms with Crippen LogP contribution in [0, 0.1) is 0 Å². The van der Waals surface area contributed by atoms with E-state index < -0.39 is 0 Å². The first kappa shape index (κ1) is 18.6. The van der Waals surface area contributed by atoms with E-state index in [1.54, 1.807) is 48.8 Å². The quantitative estimate of drug-likeness (QED) is 0.745. The molecule has 7 nitrogen and oxygen atoms in total. The highest BCUT2D eigenvalue weighted by Gasteiger charge is 2.23. The molecule has 0 aliphatic carbocycles. The second-order valence-electron chi connectivity index (χ2n) is 6.74. The molecular formula is C22H21N5O2. The van der Waals surface area contributed by atoms with Gasteiger partial charge in [0, 0.05) is 56.0 Å². The fraction of sp³-hybridized carbons (Fsp3) is 0.182. The van der Waals surface area contributed by atoms with Crippen LogP contribution in [0.1, 0.15) is 20.7 Å². The molecule has 0 spiro atoms.